The maximum absolute atomic E-state index is 12.4. The van der Waals surface area contributed by atoms with Gasteiger partial charge >= 0.3 is 0 Å². The van der Waals surface area contributed by atoms with E-state index in [1.54, 1.807) is 24.3 Å². The zero-order valence-electron chi connectivity index (χ0n) is 11.7. The molecule has 0 unspecified atom stereocenters. The third-order valence-electron chi connectivity index (χ3n) is 2.91. The lowest BCUT2D eigenvalue weighted by molar-refractivity contribution is 0.334. The molecular formula is C13H17N3O3S. The molecule has 6 nitrogen and oxygen atoms in total. The lowest BCUT2D eigenvalue weighted by Crippen LogP contribution is -2.26. The first-order valence-electron chi connectivity index (χ1n) is 6.28. The second-order valence-corrected chi connectivity index (χ2v) is 6.58. The van der Waals surface area contributed by atoms with Crippen molar-refractivity contribution in [3.63, 3.8) is 0 Å². The van der Waals surface area contributed by atoms with Crippen LogP contribution in [0.4, 0.5) is 0 Å². The smallest absolute Gasteiger partial charge is 0.243 e. The molecule has 108 valence electrons. The van der Waals surface area contributed by atoms with Gasteiger partial charge in [0.1, 0.15) is 0 Å². The van der Waals surface area contributed by atoms with Gasteiger partial charge in [0.25, 0.3) is 0 Å². The second kappa shape index (κ2) is 5.72. The van der Waals surface area contributed by atoms with Crippen molar-refractivity contribution < 1.29 is 12.9 Å². The highest BCUT2D eigenvalue weighted by Crippen LogP contribution is 2.16. The summed E-state index contributed by atoms with van der Waals surface area (Å²) in [5.74, 6) is 0.862. The molecule has 20 heavy (non-hydrogen) atoms. The Balaban J connectivity index is 2.18. The van der Waals surface area contributed by atoms with Gasteiger partial charge in [0.05, 0.1) is 11.4 Å². The summed E-state index contributed by atoms with van der Waals surface area (Å²) in [6.45, 7) is 3.87. The zero-order valence-corrected chi connectivity index (χ0v) is 12.5. The number of rotatable bonds is 5. The fourth-order valence-corrected chi connectivity index (χ4v) is 2.78. The van der Waals surface area contributed by atoms with E-state index in [0.29, 0.717) is 18.1 Å². The van der Waals surface area contributed by atoms with Gasteiger partial charge in [-0.15, -0.1) is 0 Å². The van der Waals surface area contributed by atoms with Gasteiger partial charge in [-0.05, 0) is 19.1 Å². The minimum atomic E-state index is -3.55. The summed E-state index contributed by atoms with van der Waals surface area (Å²) in [5.41, 5.74) is 1.01. The first-order chi connectivity index (χ1) is 9.43. The van der Waals surface area contributed by atoms with Crippen molar-refractivity contribution in [2.75, 3.05) is 7.05 Å². The van der Waals surface area contributed by atoms with Crippen LogP contribution in [0, 0.1) is 6.92 Å². The van der Waals surface area contributed by atoms with Gasteiger partial charge < -0.3 is 4.52 Å². The van der Waals surface area contributed by atoms with Crippen molar-refractivity contribution in [1.29, 1.82) is 0 Å². The van der Waals surface area contributed by atoms with E-state index in [1.165, 1.54) is 11.4 Å². The van der Waals surface area contributed by atoms with Crippen LogP contribution in [0.5, 0.6) is 0 Å². The lowest BCUT2D eigenvalue weighted by Gasteiger charge is -2.15. The molecule has 2 aromatic rings. The standard InChI is InChI=1S/C13H17N3O3S/c1-4-12-14-13(19-15-12)9-16(3)20(17,18)11-7-5-10(2)6-8-11/h5-8H,4,9H2,1-3H3. The molecule has 0 amide bonds. The molecule has 1 aromatic heterocycles. The van der Waals surface area contributed by atoms with Gasteiger partial charge in [-0.2, -0.15) is 9.29 Å². The summed E-state index contributed by atoms with van der Waals surface area (Å²) in [6.07, 6.45) is 0.651. The Morgan fingerprint density at radius 1 is 1.25 bits per heavy atom. The second-order valence-electron chi connectivity index (χ2n) is 4.53. The molecule has 0 saturated carbocycles. The molecule has 0 N–H and O–H groups in total. The van der Waals surface area contributed by atoms with Gasteiger partial charge in [0, 0.05) is 13.5 Å². The summed E-state index contributed by atoms with van der Waals surface area (Å²) in [6, 6.07) is 6.71. The normalized spacial score (nSPS) is 12.0. The highest BCUT2D eigenvalue weighted by Gasteiger charge is 2.22. The monoisotopic (exact) mass is 295 g/mol. The molecule has 0 saturated heterocycles. The highest BCUT2D eigenvalue weighted by molar-refractivity contribution is 7.89. The van der Waals surface area contributed by atoms with Crippen LogP contribution in [-0.2, 0) is 23.0 Å². The number of sulfonamides is 1. The van der Waals surface area contributed by atoms with Gasteiger partial charge in [0.15, 0.2) is 5.82 Å². The first-order valence-corrected chi connectivity index (χ1v) is 7.72. The Labute approximate surface area is 118 Å². The van der Waals surface area contributed by atoms with Crippen LogP contribution in [0.15, 0.2) is 33.7 Å². The van der Waals surface area contributed by atoms with Gasteiger partial charge in [-0.1, -0.05) is 29.8 Å². The quantitative estimate of drug-likeness (QED) is 0.840. The van der Waals surface area contributed by atoms with Crippen molar-refractivity contribution in [1.82, 2.24) is 14.4 Å². The molecule has 1 aromatic carbocycles. The average molecular weight is 295 g/mol. The summed E-state index contributed by atoms with van der Waals surface area (Å²) in [7, 11) is -2.05. The number of hydrogen-bond acceptors (Lipinski definition) is 5. The van der Waals surface area contributed by atoms with E-state index < -0.39 is 10.0 Å². The molecule has 0 bridgehead atoms. The van der Waals surface area contributed by atoms with E-state index in [-0.39, 0.29) is 11.4 Å². The number of aromatic nitrogens is 2. The van der Waals surface area contributed by atoms with E-state index >= 15 is 0 Å². The van der Waals surface area contributed by atoms with Crippen LogP contribution in [-0.4, -0.2) is 29.9 Å². The van der Waals surface area contributed by atoms with E-state index in [0.717, 1.165) is 5.56 Å². The third kappa shape index (κ3) is 3.05. The van der Waals surface area contributed by atoms with Crippen LogP contribution in [0.2, 0.25) is 0 Å². The van der Waals surface area contributed by atoms with Crippen LogP contribution >= 0.6 is 0 Å². The Bertz CT molecular complexity index is 677. The fourth-order valence-electron chi connectivity index (χ4n) is 1.66. The molecule has 1 heterocycles. The van der Waals surface area contributed by atoms with E-state index in [4.69, 9.17) is 4.52 Å². The van der Waals surface area contributed by atoms with Crippen LogP contribution in [0.25, 0.3) is 0 Å². The van der Waals surface area contributed by atoms with Crippen molar-refractivity contribution >= 4 is 10.0 Å². The summed E-state index contributed by atoms with van der Waals surface area (Å²) in [5, 5.41) is 3.75. The Kier molecular flexibility index (Phi) is 4.20. The largest absolute Gasteiger partial charge is 0.338 e. The minimum Gasteiger partial charge on any atom is -0.338 e. The summed E-state index contributed by atoms with van der Waals surface area (Å²) >= 11 is 0. The SMILES string of the molecule is CCc1noc(CN(C)S(=O)(=O)c2ccc(C)cc2)n1. The molecular weight excluding hydrogens is 278 g/mol. The molecule has 0 atom stereocenters. The number of hydrogen-bond donors (Lipinski definition) is 0. The number of nitrogens with zero attached hydrogens (tertiary/aromatic N) is 3. The first kappa shape index (κ1) is 14.7. The predicted molar refractivity (Wildman–Crippen MR) is 73.5 cm³/mol. The van der Waals surface area contributed by atoms with Crippen molar-refractivity contribution in [3.05, 3.63) is 41.5 Å². The molecule has 0 fully saturated rings. The van der Waals surface area contributed by atoms with Crippen LogP contribution in [0.3, 0.4) is 0 Å². The predicted octanol–water partition coefficient (Wildman–Crippen LogP) is 1.76. The lowest BCUT2D eigenvalue weighted by atomic mass is 10.2. The van der Waals surface area contributed by atoms with E-state index in [1.807, 2.05) is 13.8 Å². The molecule has 0 aliphatic carbocycles. The van der Waals surface area contributed by atoms with Crippen LogP contribution in [0.1, 0.15) is 24.2 Å². The van der Waals surface area contributed by atoms with Crippen molar-refractivity contribution in [2.24, 2.45) is 0 Å². The maximum atomic E-state index is 12.4. The summed E-state index contributed by atoms with van der Waals surface area (Å²) in [4.78, 5) is 4.36. The Morgan fingerprint density at radius 2 is 1.90 bits per heavy atom. The molecule has 0 spiro atoms. The van der Waals surface area contributed by atoms with Crippen molar-refractivity contribution in [3.8, 4) is 0 Å². The average Bonchev–Trinajstić information content (AvgIpc) is 2.87. The van der Waals surface area contributed by atoms with Crippen LogP contribution < -0.4 is 0 Å². The highest BCUT2D eigenvalue weighted by atomic mass is 32.2. The molecule has 0 radical (unpaired) electrons. The van der Waals surface area contributed by atoms with Crippen molar-refractivity contribution in [2.45, 2.75) is 31.7 Å². The Hall–Kier alpha value is -1.73. The van der Waals surface area contributed by atoms with Gasteiger partial charge in [-0.25, -0.2) is 8.42 Å². The van der Waals surface area contributed by atoms with E-state index in [2.05, 4.69) is 10.1 Å². The third-order valence-corrected chi connectivity index (χ3v) is 4.73. The maximum Gasteiger partial charge on any atom is 0.243 e. The number of aryl methyl sites for hydroxylation is 2. The van der Waals surface area contributed by atoms with E-state index in [9.17, 15) is 8.42 Å². The van der Waals surface area contributed by atoms with Gasteiger partial charge in [0.2, 0.25) is 15.9 Å². The topological polar surface area (TPSA) is 76.3 Å². The molecule has 0 aliphatic rings. The minimum absolute atomic E-state index is 0.0587. The molecule has 7 heteroatoms. The Morgan fingerprint density at radius 3 is 2.45 bits per heavy atom. The fraction of sp³-hybridized carbons (Fsp3) is 0.385. The number of benzene rings is 1. The molecule has 0 aliphatic heterocycles. The van der Waals surface area contributed by atoms with Gasteiger partial charge in [-0.3, -0.25) is 0 Å². The summed E-state index contributed by atoms with van der Waals surface area (Å²) < 4.78 is 30.9. The molecule has 2 rings (SSSR count). The zero-order chi connectivity index (χ0) is 14.8.